The molecule has 1 saturated heterocycles. The van der Waals surface area contributed by atoms with Crippen molar-refractivity contribution in [2.75, 3.05) is 26.2 Å². The minimum Gasteiger partial charge on any atom is -0.436 e. The summed E-state index contributed by atoms with van der Waals surface area (Å²) >= 11 is 0. The summed E-state index contributed by atoms with van der Waals surface area (Å²) in [7, 11) is 0. The molecule has 0 radical (unpaired) electrons. The van der Waals surface area contributed by atoms with Crippen LogP contribution in [0.1, 0.15) is 27.7 Å². The fraction of sp³-hybridized carbons (Fsp3) is 0.733. The summed E-state index contributed by atoms with van der Waals surface area (Å²) in [6.07, 6.45) is 1.39. The lowest BCUT2D eigenvalue weighted by molar-refractivity contribution is -0.389. The van der Waals surface area contributed by atoms with Crippen LogP contribution < -0.4 is 4.74 Å². The predicted octanol–water partition coefficient (Wildman–Crippen LogP) is 0.885. The van der Waals surface area contributed by atoms with Gasteiger partial charge in [-0.3, -0.25) is 14.3 Å². The van der Waals surface area contributed by atoms with Crippen LogP contribution >= 0.6 is 0 Å². The molecule has 132 valence electrons. The van der Waals surface area contributed by atoms with Crippen molar-refractivity contribution in [1.82, 2.24) is 19.4 Å². The van der Waals surface area contributed by atoms with Gasteiger partial charge < -0.3 is 19.8 Å². The Morgan fingerprint density at radius 2 is 2.12 bits per heavy atom. The SMILES string of the molecule is CC1(CN2CCN(C(C)(C)C)C(=O)C2)Cn2cc([N+](=O)[O-])nc2O1. The molecule has 3 rings (SSSR count). The molecular formula is C15H23N5O4. The maximum atomic E-state index is 12.4. The van der Waals surface area contributed by atoms with E-state index in [9.17, 15) is 14.9 Å². The monoisotopic (exact) mass is 337 g/mol. The number of nitrogens with zero attached hydrogens (tertiary/aromatic N) is 5. The third-order valence-electron chi connectivity index (χ3n) is 4.42. The lowest BCUT2D eigenvalue weighted by Gasteiger charge is -2.43. The number of hydrogen-bond donors (Lipinski definition) is 0. The van der Waals surface area contributed by atoms with Gasteiger partial charge in [-0.2, -0.15) is 0 Å². The minimum atomic E-state index is -0.540. The summed E-state index contributed by atoms with van der Waals surface area (Å²) in [6.45, 7) is 10.9. The number of amides is 1. The molecule has 1 aromatic rings. The van der Waals surface area contributed by atoms with Crippen molar-refractivity contribution >= 4 is 11.7 Å². The molecule has 2 aliphatic heterocycles. The molecule has 3 heterocycles. The number of hydrogen-bond acceptors (Lipinski definition) is 6. The van der Waals surface area contributed by atoms with Gasteiger partial charge in [0.1, 0.15) is 11.8 Å². The van der Waals surface area contributed by atoms with E-state index in [4.69, 9.17) is 4.74 Å². The summed E-state index contributed by atoms with van der Waals surface area (Å²) in [5.41, 5.74) is -0.709. The van der Waals surface area contributed by atoms with Gasteiger partial charge in [-0.1, -0.05) is 0 Å². The van der Waals surface area contributed by atoms with Crippen LogP contribution in [-0.2, 0) is 11.3 Å². The summed E-state index contributed by atoms with van der Waals surface area (Å²) in [6, 6.07) is 0.267. The second-order valence-corrected chi connectivity index (χ2v) is 7.75. The van der Waals surface area contributed by atoms with Crippen molar-refractivity contribution in [3.05, 3.63) is 16.3 Å². The van der Waals surface area contributed by atoms with Crippen LogP contribution in [0.2, 0.25) is 0 Å². The quantitative estimate of drug-likeness (QED) is 0.600. The highest BCUT2D eigenvalue weighted by atomic mass is 16.6. The molecule has 1 atom stereocenters. The number of fused-ring (bicyclic) bond motifs is 1. The second-order valence-electron chi connectivity index (χ2n) is 7.75. The number of nitro groups is 1. The Bertz CT molecular complexity index is 654. The summed E-state index contributed by atoms with van der Waals surface area (Å²) < 4.78 is 7.50. The van der Waals surface area contributed by atoms with Crippen LogP contribution in [-0.4, -0.2) is 67.5 Å². The van der Waals surface area contributed by atoms with Crippen LogP contribution in [0.4, 0.5) is 5.82 Å². The summed E-state index contributed by atoms with van der Waals surface area (Å²) in [5, 5.41) is 10.8. The standard InChI is InChI=1S/C15H23N5O4/c1-14(2,3)19-6-5-17(8-12(19)21)9-15(4)10-18-7-11(20(22)23)16-13(18)24-15/h7H,5-6,8-10H2,1-4H3. The van der Waals surface area contributed by atoms with Gasteiger partial charge >= 0.3 is 11.8 Å². The van der Waals surface area contributed by atoms with E-state index in [1.165, 1.54) is 6.20 Å². The van der Waals surface area contributed by atoms with Crippen LogP contribution in [0, 0.1) is 10.1 Å². The third kappa shape index (κ3) is 3.08. The van der Waals surface area contributed by atoms with E-state index in [1.807, 2.05) is 32.6 Å². The largest absolute Gasteiger partial charge is 0.436 e. The highest BCUT2D eigenvalue weighted by molar-refractivity contribution is 5.79. The number of piperazine rings is 1. The smallest absolute Gasteiger partial charge is 0.415 e. The molecule has 0 N–H and O–H groups in total. The van der Waals surface area contributed by atoms with Crippen LogP contribution in [0.3, 0.4) is 0 Å². The van der Waals surface area contributed by atoms with Crippen molar-refractivity contribution in [2.24, 2.45) is 0 Å². The molecule has 9 heteroatoms. The number of ether oxygens (including phenoxy) is 1. The van der Waals surface area contributed by atoms with E-state index in [-0.39, 0.29) is 23.3 Å². The van der Waals surface area contributed by atoms with Crippen LogP contribution in [0.25, 0.3) is 0 Å². The maximum absolute atomic E-state index is 12.4. The topological polar surface area (TPSA) is 93.7 Å². The first-order chi connectivity index (χ1) is 11.1. The van der Waals surface area contributed by atoms with Crippen molar-refractivity contribution in [2.45, 2.75) is 45.4 Å². The molecule has 1 unspecified atom stereocenters. The molecule has 0 spiro atoms. The fourth-order valence-electron chi connectivity index (χ4n) is 3.40. The van der Waals surface area contributed by atoms with E-state index in [2.05, 4.69) is 9.88 Å². The Morgan fingerprint density at radius 1 is 1.42 bits per heavy atom. The number of carbonyl (C=O) groups is 1. The Hall–Kier alpha value is -2.16. The lowest BCUT2D eigenvalue weighted by Crippen LogP contribution is -2.59. The van der Waals surface area contributed by atoms with E-state index in [0.717, 1.165) is 6.54 Å². The molecule has 24 heavy (non-hydrogen) atoms. The highest BCUT2D eigenvalue weighted by Crippen LogP contribution is 2.31. The summed E-state index contributed by atoms with van der Waals surface area (Å²) in [5.74, 6) is -0.0928. The molecule has 1 amide bonds. The van der Waals surface area contributed by atoms with Crippen LogP contribution in [0.5, 0.6) is 6.01 Å². The Labute approximate surface area is 140 Å². The second kappa shape index (κ2) is 5.44. The number of imidazole rings is 1. The van der Waals surface area contributed by atoms with Gasteiger partial charge in [0.25, 0.3) is 0 Å². The Kier molecular flexibility index (Phi) is 3.78. The molecule has 0 bridgehead atoms. The molecule has 1 fully saturated rings. The zero-order chi connectivity index (χ0) is 17.7. The molecule has 2 aliphatic rings. The first-order valence-electron chi connectivity index (χ1n) is 8.01. The van der Waals surface area contributed by atoms with Gasteiger partial charge in [0.2, 0.25) is 5.91 Å². The average molecular weight is 337 g/mol. The Morgan fingerprint density at radius 3 is 2.67 bits per heavy atom. The number of carbonyl (C=O) groups excluding carboxylic acids is 1. The zero-order valence-electron chi connectivity index (χ0n) is 14.5. The molecule has 0 saturated carbocycles. The van der Waals surface area contributed by atoms with Gasteiger partial charge in [-0.25, -0.2) is 0 Å². The van der Waals surface area contributed by atoms with Gasteiger partial charge in [0, 0.05) is 30.2 Å². The van der Waals surface area contributed by atoms with Crippen molar-refractivity contribution in [1.29, 1.82) is 0 Å². The van der Waals surface area contributed by atoms with E-state index < -0.39 is 10.5 Å². The normalized spacial score (nSPS) is 24.8. The molecule has 0 aliphatic carbocycles. The molecule has 0 aromatic carbocycles. The van der Waals surface area contributed by atoms with Gasteiger partial charge in [-0.05, 0) is 32.6 Å². The number of rotatable bonds is 3. The highest BCUT2D eigenvalue weighted by Gasteiger charge is 2.43. The molecular weight excluding hydrogens is 314 g/mol. The predicted molar refractivity (Wildman–Crippen MR) is 85.8 cm³/mol. The van der Waals surface area contributed by atoms with Crippen molar-refractivity contribution in [3.63, 3.8) is 0 Å². The summed E-state index contributed by atoms with van der Waals surface area (Å²) in [4.78, 5) is 30.5. The van der Waals surface area contributed by atoms with E-state index in [1.54, 1.807) is 4.57 Å². The molecule has 1 aromatic heterocycles. The van der Waals surface area contributed by atoms with Gasteiger partial charge in [-0.15, -0.1) is 0 Å². The first-order valence-corrected chi connectivity index (χ1v) is 8.01. The number of aromatic nitrogens is 2. The van der Waals surface area contributed by atoms with Crippen LogP contribution in [0.15, 0.2) is 6.20 Å². The van der Waals surface area contributed by atoms with Gasteiger partial charge in [0.15, 0.2) is 0 Å². The van der Waals surface area contributed by atoms with E-state index >= 15 is 0 Å². The van der Waals surface area contributed by atoms with Crippen molar-refractivity contribution < 1.29 is 14.5 Å². The zero-order valence-corrected chi connectivity index (χ0v) is 14.5. The first kappa shape index (κ1) is 16.7. The fourth-order valence-corrected chi connectivity index (χ4v) is 3.40. The molecule has 9 nitrogen and oxygen atoms in total. The lowest BCUT2D eigenvalue weighted by atomic mass is 10.0. The average Bonchev–Trinajstić information content (AvgIpc) is 2.91. The third-order valence-corrected chi connectivity index (χ3v) is 4.42. The van der Waals surface area contributed by atoms with E-state index in [0.29, 0.717) is 26.2 Å². The Balaban J connectivity index is 1.62. The maximum Gasteiger partial charge on any atom is 0.415 e. The van der Waals surface area contributed by atoms with Crippen molar-refractivity contribution in [3.8, 4) is 6.01 Å². The van der Waals surface area contributed by atoms with Gasteiger partial charge in [0.05, 0.1) is 13.1 Å². The minimum absolute atomic E-state index is 0.115.